The minimum Gasteiger partial charge on any atom is -0.391 e. The van der Waals surface area contributed by atoms with Gasteiger partial charge in [-0.05, 0) is 19.8 Å². The van der Waals surface area contributed by atoms with E-state index in [-0.39, 0.29) is 6.04 Å². The zero-order valence-electron chi connectivity index (χ0n) is 10.6. The minimum absolute atomic E-state index is 0.113. The molecule has 1 heterocycles. The Kier molecular flexibility index (Phi) is 3.72. The number of hydrogen-bond donors (Lipinski definition) is 3. The van der Waals surface area contributed by atoms with Crippen LogP contribution in [0.4, 0.5) is 11.6 Å². The quantitative estimate of drug-likeness (QED) is 0.748. The summed E-state index contributed by atoms with van der Waals surface area (Å²) >= 11 is 0. The highest BCUT2D eigenvalue weighted by Crippen LogP contribution is 2.33. The van der Waals surface area contributed by atoms with Gasteiger partial charge in [0.25, 0.3) is 0 Å². The van der Waals surface area contributed by atoms with E-state index in [2.05, 4.69) is 16.5 Å². The maximum absolute atomic E-state index is 10.0. The average Bonchev–Trinajstić information content (AvgIpc) is 2.67. The van der Waals surface area contributed by atoms with E-state index in [0.717, 1.165) is 25.7 Å². The van der Waals surface area contributed by atoms with Gasteiger partial charge in [0, 0.05) is 6.54 Å². The molecule has 1 aliphatic rings. The van der Waals surface area contributed by atoms with E-state index in [9.17, 15) is 5.11 Å². The number of nitrogens with two attached hydrogens (primary N) is 1. The highest BCUT2D eigenvalue weighted by Gasteiger charge is 2.29. The van der Waals surface area contributed by atoms with Crippen LogP contribution in [-0.4, -0.2) is 27.5 Å². The van der Waals surface area contributed by atoms with Crippen molar-refractivity contribution in [2.24, 2.45) is 0 Å². The van der Waals surface area contributed by atoms with Crippen molar-refractivity contribution in [1.82, 2.24) is 9.78 Å². The maximum Gasteiger partial charge on any atom is 0.168 e. The number of nitrogen functional groups attached to an aromatic ring is 1. The topological polar surface area (TPSA) is 99.9 Å². The Morgan fingerprint density at radius 2 is 2.28 bits per heavy atom. The van der Waals surface area contributed by atoms with Crippen molar-refractivity contribution >= 4 is 11.6 Å². The molecule has 0 saturated heterocycles. The summed E-state index contributed by atoms with van der Waals surface area (Å²) in [6, 6.07) is 1.96. The molecular weight excluding hydrogens is 230 g/mol. The standard InChI is InChI=1S/C12H19N5O/c1-2-15-12-8(7-13)11(14)17(16-12)9-5-3-4-6-10(9)18/h9-10,18H,2-6,14H2,1H3,(H,15,16). The van der Waals surface area contributed by atoms with Gasteiger partial charge in [0.05, 0.1) is 12.1 Å². The molecule has 2 rings (SSSR count). The number of aromatic nitrogens is 2. The summed E-state index contributed by atoms with van der Waals surface area (Å²) in [6.07, 6.45) is 3.27. The second kappa shape index (κ2) is 5.27. The monoisotopic (exact) mass is 249 g/mol. The van der Waals surface area contributed by atoms with Crippen molar-refractivity contribution in [1.29, 1.82) is 5.26 Å². The number of nitrogens with zero attached hydrogens (tertiary/aromatic N) is 3. The molecule has 0 bridgehead atoms. The first-order valence-electron chi connectivity index (χ1n) is 6.39. The van der Waals surface area contributed by atoms with Crippen molar-refractivity contribution in [3.05, 3.63) is 5.56 Å². The second-order valence-electron chi connectivity index (χ2n) is 4.61. The molecule has 4 N–H and O–H groups in total. The summed E-state index contributed by atoms with van der Waals surface area (Å²) in [7, 11) is 0. The zero-order chi connectivity index (χ0) is 13.1. The number of nitriles is 1. The zero-order valence-corrected chi connectivity index (χ0v) is 10.6. The van der Waals surface area contributed by atoms with Gasteiger partial charge in [-0.25, -0.2) is 4.68 Å². The Morgan fingerprint density at radius 1 is 1.56 bits per heavy atom. The molecule has 1 fully saturated rings. The van der Waals surface area contributed by atoms with E-state index in [4.69, 9.17) is 11.0 Å². The first kappa shape index (κ1) is 12.7. The maximum atomic E-state index is 10.0. The number of nitrogens with one attached hydrogen (secondary N) is 1. The molecule has 18 heavy (non-hydrogen) atoms. The normalized spacial score (nSPS) is 23.6. The molecule has 1 aromatic heterocycles. The molecule has 2 atom stereocenters. The van der Waals surface area contributed by atoms with Gasteiger partial charge in [-0.2, -0.15) is 10.4 Å². The smallest absolute Gasteiger partial charge is 0.168 e. The molecule has 1 saturated carbocycles. The van der Waals surface area contributed by atoms with Gasteiger partial charge in [0.2, 0.25) is 0 Å². The predicted molar refractivity (Wildman–Crippen MR) is 69.0 cm³/mol. The highest BCUT2D eigenvalue weighted by molar-refractivity contribution is 5.63. The number of rotatable bonds is 3. The van der Waals surface area contributed by atoms with E-state index < -0.39 is 6.10 Å². The Hall–Kier alpha value is -1.74. The molecule has 1 aliphatic carbocycles. The van der Waals surface area contributed by atoms with E-state index in [1.54, 1.807) is 4.68 Å². The molecule has 0 aromatic carbocycles. The van der Waals surface area contributed by atoms with Crippen LogP contribution in [0.25, 0.3) is 0 Å². The first-order valence-corrected chi connectivity index (χ1v) is 6.39. The average molecular weight is 249 g/mol. The van der Waals surface area contributed by atoms with Crippen molar-refractivity contribution in [3.8, 4) is 6.07 Å². The molecule has 1 aromatic rings. The minimum atomic E-state index is -0.429. The lowest BCUT2D eigenvalue weighted by Gasteiger charge is -2.28. The number of aliphatic hydroxyl groups is 1. The van der Waals surface area contributed by atoms with Crippen LogP contribution in [0.5, 0.6) is 0 Å². The van der Waals surface area contributed by atoms with Gasteiger partial charge in [-0.15, -0.1) is 0 Å². The lowest BCUT2D eigenvalue weighted by atomic mass is 9.93. The summed E-state index contributed by atoms with van der Waals surface area (Å²) in [5.74, 6) is 0.856. The molecule has 0 aliphatic heterocycles. The van der Waals surface area contributed by atoms with E-state index in [0.29, 0.717) is 23.7 Å². The molecule has 6 nitrogen and oxygen atoms in total. The van der Waals surface area contributed by atoms with Gasteiger partial charge < -0.3 is 16.2 Å². The van der Waals surface area contributed by atoms with Crippen LogP contribution < -0.4 is 11.1 Å². The fourth-order valence-corrected chi connectivity index (χ4v) is 2.48. The lowest BCUT2D eigenvalue weighted by molar-refractivity contribution is 0.0707. The molecule has 0 amide bonds. The van der Waals surface area contributed by atoms with E-state index in [1.807, 2.05) is 6.92 Å². The number of anilines is 2. The second-order valence-corrected chi connectivity index (χ2v) is 4.61. The summed E-state index contributed by atoms with van der Waals surface area (Å²) in [4.78, 5) is 0. The fraction of sp³-hybridized carbons (Fsp3) is 0.667. The third-order valence-electron chi connectivity index (χ3n) is 3.41. The highest BCUT2D eigenvalue weighted by atomic mass is 16.3. The summed E-state index contributed by atoms with van der Waals surface area (Å²) in [6.45, 7) is 2.62. The Morgan fingerprint density at radius 3 is 2.89 bits per heavy atom. The van der Waals surface area contributed by atoms with Gasteiger partial charge in [0.15, 0.2) is 5.82 Å². The summed E-state index contributed by atoms with van der Waals surface area (Å²) in [5.41, 5.74) is 6.33. The van der Waals surface area contributed by atoms with Gasteiger partial charge in [-0.3, -0.25) is 0 Å². The van der Waals surface area contributed by atoms with Gasteiger partial charge >= 0.3 is 0 Å². The molecule has 0 spiro atoms. The Bertz CT molecular complexity index is 462. The van der Waals surface area contributed by atoms with Gasteiger partial charge in [0.1, 0.15) is 17.5 Å². The third-order valence-corrected chi connectivity index (χ3v) is 3.41. The molecular formula is C12H19N5O. The summed E-state index contributed by atoms with van der Waals surface area (Å²) < 4.78 is 1.61. The fourth-order valence-electron chi connectivity index (χ4n) is 2.48. The van der Waals surface area contributed by atoms with Crippen molar-refractivity contribution in [2.45, 2.75) is 44.8 Å². The number of aliphatic hydroxyl groups excluding tert-OH is 1. The lowest BCUT2D eigenvalue weighted by Crippen LogP contribution is -2.29. The molecule has 98 valence electrons. The van der Waals surface area contributed by atoms with E-state index >= 15 is 0 Å². The largest absolute Gasteiger partial charge is 0.391 e. The third kappa shape index (κ3) is 2.14. The van der Waals surface area contributed by atoms with Crippen molar-refractivity contribution in [2.75, 3.05) is 17.6 Å². The van der Waals surface area contributed by atoms with Crippen molar-refractivity contribution in [3.63, 3.8) is 0 Å². The molecule has 6 heteroatoms. The Balaban J connectivity index is 2.35. The first-order chi connectivity index (χ1) is 8.69. The van der Waals surface area contributed by atoms with Crippen LogP contribution in [0.1, 0.15) is 44.2 Å². The molecule has 0 radical (unpaired) electrons. The van der Waals surface area contributed by atoms with Crippen LogP contribution in [0.15, 0.2) is 0 Å². The summed E-state index contributed by atoms with van der Waals surface area (Å²) in [5, 5.41) is 26.5. The van der Waals surface area contributed by atoms with Crippen LogP contribution in [-0.2, 0) is 0 Å². The van der Waals surface area contributed by atoms with Crippen molar-refractivity contribution < 1.29 is 5.11 Å². The van der Waals surface area contributed by atoms with Gasteiger partial charge in [-0.1, -0.05) is 12.8 Å². The SMILES string of the molecule is CCNc1nn(C2CCCCC2O)c(N)c1C#N. The van der Waals surface area contributed by atoms with E-state index in [1.165, 1.54) is 0 Å². The van der Waals surface area contributed by atoms with Crippen LogP contribution in [0.2, 0.25) is 0 Å². The predicted octanol–water partition coefficient (Wildman–Crippen LogP) is 1.24. The van der Waals surface area contributed by atoms with Crippen LogP contribution >= 0.6 is 0 Å². The van der Waals surface area contributed by atoms with Crippen LogP contribution in [0.3, 0.4) is 0 Å². The molecule has 2 unspecified atom stereocenters. The Labute approximate surface area is 106 Å². The number of hydrogen-bond acceptors (Lipinski definition) is 5. The van der Waals surface area contributed by atoms with Crippen LogP contribution in [0, 0.1) is 11.3 Å².